The van der Waals surface area contributed by atoms with Gasteiger partial charge in [-0.3, -0.25) is 4.79 Å². The molecule has 48 valence electrons. The van der Waals surface area contributed by atoms with Crippen LogP contribution in [-0.4, -0.2) is 27.7 Å². The van der Waals surface area contributed by atoms with E-state index in [1.807, 2.05) is 0 Å². The van der Waals surface area contributed by atoms with Gasteiger partial charge in [0.05, 0.1) is 6.10 Å². The lowest BCUT2D eigenvalue weighted by molar-refractivity contribution is -0.138. The molecule has 0 aliphatic heterocycles. The second-order valence-corrected chi connectivity index (χ2v) is 1.95. The van der Waals surface area contributed by atoms with Crippen LogP contribution in [-0.2, 0) is 4.79 Å². The molecule has 0 saturated heterocycles. The van der Waals surface area contributed by atoms with Crippen LogP contribution in [0.25, 0.3) is 0 Å². The molecule has 0 aromatic carbocycles. The lowest BCUT2D eigenvalue weighted by atomic mass is 10.3. The Kier molecular flexibility index (Phi) is 2.79. The van der Waals surface area contributed by atoms with E-state index in [2.05, 4.69) is 0 Å². The van der Waals surface area contributed by atoms with E-state index in [0.717, 1.165) is 0 Å². The van der Waals surface area contributed by atoms with Crippen LogP contribution in [0.15, 0.2) is 0 Å². The summed E-state index contributed by atoms with van der Waals surface area (Å²) < 4.78 is 0. The first-order chi connectivity index (χ1) is 3.55. The zero-order valence-corrected chi connectivity index (χ0v) is 5.09. The Morgan fingerprint density at radius 1 is 1.75 bits per heavy atom. The predicted octanol–water partition coefficient (Wildman–Crippen LogP) is 0.0592. The molecule has 2 atom stereocenters. The fraction of sp³-hybridized carbons (Fsp3) is 0.750. The third kappa shape index (κ3) is 2.14. The van der Waals surface area contributed by atoms with Gasteiger partial charge in [-0.1, -0.05) is 0 Å². The molecule has 3 nitrogen and oxygen atoms in total. The van der Waals surface area contributed by atoms with Gasteiger partial charge in [-0.05, 0) is 6.92 Å². The summed E-state index contributed by atoms with van der Waals surface area (Å²) in [5.74, 6) is -1.19. The van der Waals surface area contributed by atoms with E-state index in [9.17, 15) is 4.79 Å². The molecule has 0 radical (unpaired) electrons. The Hall–Kier alpha value is -0.280. The van der Waals surface area contributed by atoms with E-state index >= 15 is 0 Å². The number of carboxylic acid groups (broad SMARTS) is 1. The number of alkyl halides is 1. The summed E-state index contributed by atoms with van der Waals surface area (Å²) in [4.78, 5) is 9.85. The largest absolute Gasteiger partial charge is 0.480 e. The van der Waals surface area contributed by atoms with Gasteiger partial charge >= 0.3 is 5.97 Å². The van der Waals surface area contributed by atoms with E-state index in [-0.39, 0.29) is 0 Å². The molecule has 0 aromatic rings. The Balaban J connectivity index is 3.64. The van der Waals surface area contributed by atoms with E-state index in [1.54, 1.807) is 0 Å². The molecule has 0 rings (SSSR count). The molecule has 0 bridgehead atoms. The number of carboxylic acids is 1. The first-order valence-electron chi connectivity index (χ1n) is 2.10. The predicted molar refractivity (Wildman–Crippen MR) is 29.0 cm³/mol. The average Bonchev–Trinajstić information content (AvgIpc) is 1.64. The van der Waals surface area contributed by atoms with Crippen LogP contribution in [0.1, 0.15) is 6.92 Å². The minimum atomic E-state index is -1.19. The third-order valence-corrected chi connectivity index (χ3v) is 1.21. The van der Waals surface area contributed by atoms with Crippen LogP contribution in [0.3, 0.4) is 0 Å². The number of aliphatic hydroxyl groups excluding tert-OH is 1. The van der Waals surface area contributed by atoms with Gasteiger partial charge in [0.25, 0.3) is 0 Å². The van der Waals surface area contributed by atoms with Crippen molar-refractivity contribution >= 4 is 17.6 Å². The van der Waals surface area contributed by atoms with Crippen LogP contribution < -0.4 is 0 Å². The third-order valence-electron chi connectivity index (χ3n) is 0.659. The Morgan fingerprint density at radius 3 is 2.12 bits per heavy atom. The van der Waals surface area contributed by atoms with Crippen molar-refractivity contribution in [1.29, 1.82) is 0 Å². The molecule has 0 unspecified atom stereocenters. The highest BCUT2D eigenvalue weighted by atomic mass is 35.5. The monoisotopic (exact) mass is 138 g/mol. The van der Waals surface area contributed by atoms with Gasteiger partial charge in [0.1, 0.15) is 0 Å². The van der Waals surface area contributed by atoms with Crippen molar-refractivity contribution in [3.63, 3.8) is 0 Å². The Labute approximate surface area is 51.9 Å². The van der Waals surface area contributed by atoms with Gasteiger partial charge in [-0.15, -0.1) is 11.6 Å². The van der Waals surface area contributed by atoms with Gasteiger partial charge in [-0.2, -0.15) is 0 Å². The number of aliphatic hydroxyl groups is 1. The normalized spacial score (nSPS) is 17.4. The van der Waals surface area contributed by atoms with Gasteiger partial charge in [0.2, 0.25) is 0 Å². The zero-order valence-electron chi connectivity index (χ0n) is 4.34. The fourth-order valence-corrected chi connectivity index (χ4v) is 0.206. The van der Waals surface area contributed by atoms with Crippen molar-refractivity contribution in [3.8, 4) is 0 Å². The standard InChI is InChI=1S/C4H7ClO3/c1-2(6)3(5)4(7)8/h2-3,6H,1H3,(H,7,8)/t2-,3-/m0/s1. The first-order valence-corrected chi connectivity index (χ1v) is 2.54. The van der Waals surface area contributed by atoms with Crippen LogP contribution in [0.2, 0.25) is 0 Å². The van der Waals surface area contributed by atoms with E-state index in [1.165, 1.54) is 6.92 Å². The molecule has 0 fully saturated rings. The molecule has 0 amide bonds. The SMILES string of the molecule is C[C@H](O)[C@H](Cl)C(=O)O. The maximum atomic E-state index is 9.85. The zero-order chi connectivity index (χ0) is 6.73. The van der Waals surface area contributed by atoms with E-state index < -0.39 is 17.5 Å². The van der Waals surface area contributed by atoms with Crippen molar-refractivity contribution in [2.75, 3.05) is 0 Å². The van der Waals surface area contributed by atoms with Gasteiger partial charge in [-0.25, -0.2) is 0 Å². The molecule has 2 N–H and O–H groups in total. The second kappa shape index (κ2) is 2.89. The quantitative estimate of drug-likeness (QED) is 0.531. The van der Waals surface area contributed by atoms with Crippen LogP contribution in [0.4, 0.5) is 0 Å². The van der Waals surface area contributed by atoms with E-state index in [0.29, 0.717) is 0 Å². The minimum absolute atomic E-state index is 0.992. The summed E-state index contributed by atoms with van der Waals surface area (Å²) in [5.41, 5.74) is 0. The molecule has 0 spiro atoms. The topological polar surface area (TPSA) is 57.5 Å². The highest BCUT2D eigenvalue weighted by Gasteiger charge is 2.18. The number of aliphatic carboxylic acids is 1. The molecule has 4 heteroatoms. The maximum Gasteiger partial charge on any atom is 0.324 e. The van der Waals surface area contributed by atoms with Crippen molar-refractivity contribution < 1.29 is 15.0 Å². The van der Waals surface area contributed by atoms with Gasteiger partial charge in [0.15, 0.2) is 5.38 Å². The molecule has 0 aromatic heterocycles. The summed E-state index contributed by atoms with van der Waals surface area (Å²) in [5, 5.41) is 15.4. The molecule has 0 aliphatic carbocycles. The second-order valence-electron chi connectivity index (χ2n) is 1.48. The average molecular weight is 139 g/mol. The van der Waals surface area contributed by atoms with Gasteiger partial charge < -0.3 is 10.2 Å². The van der Waals surface area contributed by atoms with E-state index in [4.69, 9.17) is 21.8 Å². The lowest BCUT2D eigenvalue weighted by Gasteiger charge is -2.04. The summed E-state index contributed by atoms with van der Waals surface area (Å²) in [6.45, 7) is 1.33. The summed E-state index contributed by atoms with van der Waals surface area (Å²) in [6.07, 6.45) is -0.992. The number of carbonyl (C=O) groups is 1. The van der Waals surface area contributed by atoms with Crippen molar-refractivity contribution in [1.82, 2.24) is 0 Å². The minimum Gasteiger partial charge on any atom is -0.480 e. The van der Waals surface area contributed by atoms with Crippen LogP contribution >= 0.6 is 11.6 Å². The summed E-state index contributed by atoms with van der Waals surface area (Å²) in [7, 11) is 0. The highest BCUT2D eigenvalue weighted by molar-refractivity contribution is 6.30. The number of halogens is 1. The number of rotatable bonds is 2. The number of hydrogen-bond acceptors (Lipinski definition) is 2. The van der Waals surface area contributed by atoms with Crippen LogP contribution in [0.5, 0.6) is 0 Å². The molecular weight excluding hydrogens is 131 g/mol. The Morgan fingerprint density at radius 2 is 2.12 bits per heavy atom. The molecular formula is C4H7ClO3. The summed E-state index contributed by atoms with van der Waals surface area (Å²) in [6, 6.07) is 0. The van der Waals surface area contributed by atoms with Crippen LogP contribution in [0, 0.1) is 0 Å². The fourth-order valence-electron chi connectivity index (χ4n) is 0.206. The summed E-state index contributed by atoms with van der Waals surface area (Å²) >= 11 is 5.10. The molecule has 8 heavy (non-hydrogen) atoms. The van der Waals surface area contributed by atoms with Crippen molar-refractivity contribution in [2.24, 2.45) is 0 Å². The highest BCUT2D eigenvalue weighted by Crippen LogP contribution is 2.00. The smallest absolute Gasteiger partial charge is 0.324 e. The molecule has 0 saturated carbocycles. The van der Waals surface area contributed by atoms with Crippen molar-refractivity contribution in [3.05, 3.63) is 0 Å². The van der Waals surface area contributed by atoms with Crippen molar-refractivity contribution in [2.45, 2.75) is 18.4 Å². The number of hydrogen-bond donors (Lipinski definition) is 2. The van der Waals surface area contributed by atoms with Gasteiger partial charge in [0, 0.05) is 0 Å². The molecule has 0 aliphatic rings. The Bertz CT molecular complexity index is 91.3. The first kappa shape index (κ1) is 7.72. The molecule has 0 heterocycles. The lowest BCUT2D eigenvalue weighted by Crippen LogP contribution is -2.25. The maximum absolute atomic E-state index is 9.85.